The van der Waals surface area contributed by atoms with Crippen molar-refractivity contribution in [2.24, 2.45) is 0 Å². The summed E-state index contributed by atoms with van der Waals surface area (Å²) in [4.78, 5) is 23.2. The Kier molecular flexibility index (Phi) is 4.14. The molecule has 2 aromatic rings. The Bertz CT molecular complexity index is 715. The number of hydrogen-bond acceptors (Lipinski definition) is 4. The summed E-state index contributed by atoms with van der Waals surface area (Å²) in [6, 6.07) is 4.84. The molecule has 2 rings (SSSR count). The van der Waals surface area contributed by atoms with Crippen LogP contribution in [0, 0.1) is 5.82 Å². The minimum Gasteiger partial charge on any atom is -0.461 e. The normalized spacial score (nSPS) is 10.3. The first kappa shape index (κ1) is 14.2. The molecule has 5 nitrogen and oxygen atoms in total. The van der Waals surface area contributed by atoms with Crippen LogP contribution in [0.4, 0.5) is 4.39 Å². The molecular weight excluding hydrogens is 287 g/mol. The van der Waals surface area contributed by atoms with E-state index in [4.69, 9.17) is 16.3 Å². The van der Waals surface area contributed by atoms with Crippen molar-refractivity contribution < 1.29 is 13.9 Å². The maximum absolute atomic E-state index is 13.2. The van der Waals surface area contributed by atoms with Gasteiger partial charge in [0.1, 0.15) is 5.82 Å². The molecule has 1 heterocycles. The fraction of sp³-hybridized carbons (Fsp3) is 0.154. The minimum atomic E-state index is -0.834. The van der Waals surface area contributed by atoms with E-state index < -0.39 is 17.2 Å². The fourth-order valence-electron chi connectivity index (χ4n) is 1.54. The SMILES string of the molecule is CCOC(=O)c1nn(-c2cc(F)ccc2Cl)ccc1=O. The Hall–Kier alpha value is -2.21. The Labute approximate surface area is 118 Å². The lowest BCUT2D eigenvalue weighted by Crippen LogP contribution is -2.22. The van der Waals surface area contributed by atoms with Crippen LogP contribution < -0.4 is 5.43 Å². The lowest BCUT2D eigenvalue weighted by Gasteiger charge is -2.08. The Morgan fingerprint density at radius 1 is 1.45 bits per heavy atom. The van der Waals surface area contributed by atoms with Crippen LogP contribution in [0.3, 0.4) is 0 Å². The first-order valence-electron chi connectivity index (χ1n) is 5.75. The number of aromatic nitrogens is 2. The van der Waals surface area contributed by atoms with E-state index in [1.807, 2.05) is 0 Å². The zero-order chi connectivity index (χ0) is 14.7. The van der Waals surface area contributed by atoms with Crippen LogP contribution in [-0.2, 0) is 4.74 Å². The molecule has 0 amide bonds. The zero-order valence-corrected chi connectivity index (χ0v) is 11.2. The highest BCUT2D eigenvalue weighted by atomic mass is 35.5. The smallest absolute Gasteiger partial charge is 0.362 e. The van der Waals surface area contributed by atoms with Gasteiger partial charge in [-0.3, -0.25) is 4.79 Å². The van der Waals surface area contributed by atoms with Gasteiger partial charge in [0, 0.05) is 18.3 Å². The summed E-state index contributed by atoms with van der Waals surface area (Å²) >= 11 is 5.94. The second-order valence-electron chi connectivity index (χ2n) is 3.79. The third-order valence-corrected chi connectivity index (χ3v) is 2.75. The number of halogens is 2. The highest BCUT2D eigenvalue weighted by Gasteiger charge is 2.15. The van der Waals surface area contributed by atoms with Crippen LogP contribution >= 0.6 is 11.6 Å². The molecule has 20 heavy (non-hydrogen) atoms. The number of carbonyl (C=O) groups excluding carboxylic acids is 1. The average Bonchev–Trinajstić information content (AvgIpc) is 2.42. The second-order valence-corrected chi connectivity index (χ2v) is 4.20. The molecular formula is C13H10ClFN2O3. The van der Waals surface area contributed by atoms with E-state index in [-0.39, 0.29) is 23.0 Å². The van der Waals surface area contributed by atoms with E-state index in [9.17, 15) is 14.0 Å². The number of rotatable bonds is 3. The Balaban J connectivity index is 2.54. The predicted molar refractivity (Wildman–Crippen MR) is 70.8 cm³/mol. The standard InChI is InChI=1S/C13H10ClFN2O3/c1-2-20-13(19)12-11(18)5-6-17(16-12)10-7-8(15)3-4-9(10)14/h3-7H,2H2,1H3. The molecule has 7 heteroatoms. The monoisotopic (exact) mass is 296 g/mol. The fourth-order valence-corrected chi connectivity index (χ4v) is 1.75. The van der Waals surface area contributed by atoms with Crippen LogP contribution in [0.5, 0.6) is 0 Å². The van der Waals surface area contributed by atoms with Gasteiger partial charge < -0.3 is 4.74 Å². The summed E-state index contributed by atoms with van der Waals surface area (Å²) in [5.74, 6) is -1.35. The van der Waals surface area contributed by atoms with Crippen molar-refractivity contribution >= 4 is 17.6 Å². The summed E-state index contributed by atoms with van der Waals surface area (Å²) in [5.41, 5.74) is -0.737. The van der Waals surface area contributed by atoms with Crippen LogP contribution in [0.15, 0.2) is 35.3 Å². The molecule has 0 saturated carbocycles. The van der Waals surface area contributed by atoms with Gasteiger partial charge in [-0.25, -0.2) is 13.9 Å². The van der Waals surface area contributed by atoms with Crippen molar-refractivity contribution in [3.8, 4) is 5.69 Å². The Morgan fingerprint density at radius 2 is 2.20 bits per heavy atom. The molecule has 0 aliphatic carbocycles. The van der Waals surface area contributed by atoms with Gasteiger partial charge in [-0.1, -0.05) is 11.6 Å². The van der Waals surface area contributed by atoms with Crippen molar-refractivity contribution in [2.45, 2.75) is 6.92 Å². The minimum absolute atomic E-state index is 0.121. The molecule has 0 atom stereocenters. The van der Waals surface area contributed by atoms with Gasteiger partial charge in [-0.2, -0.15) is 5.10 Å². The second kappa shape index (κ2) is 5.83. The largest absolute Gasteiger partial charge is 0.461 e. The molecule has 0 fully saturated rings. The molecule has 0 aliphatic rings. The number of ether oxygens (including phenoxy) is 1. The summed E-state index contributed by atoms with van der Waals surface area (Å²) in [6.45, 7) is 1.73. The number of hydrogen-bond donors (Lipinski definition) is 0. The Morgan fingerprint density at radius 3 is 2.90 bits per heavy atom. The van der Waals surface area contributed by atoms with Crippen molar-refractivity contribution in [1.82, 2.24) is 9.78 Å². The highest BCUT2D eigenvalue weighted by molar-refractivity contribution is 6.32. The summed E-state index contributed by atoms with van der Waals surface area (Å²) in [7, 11) is 0. The topological polar surface area (TPSA) is 61.2 Å². The third kappa shape index (κ3) is 2.85. The van der Waals surface area contributed by atoms with E-state index >= 15 is 0 Å². The molecule has 1 aromatic heterocycles. The van der Waals surface area contributed by atoms with Gasteiger partial charge in [0.05, 0.1) is 17.3 Å². The maximum Gasteiger partial charge on any atom is 0.362 e. The van der Waals surface area contributed by atoms with Crippen LogP contribution in [0.25, 0.3) is 5.69 Å². The predicted octanol–water partition coefficient (Wildman–Crippen LogP) is 2.20. The number of nitrogens with zero attached hydrogens (tertiary/aromatic N) is 2. The molecule has 0 saturated heterocycles. The van der Waals surface area contributed by atoms with E-state index in [0.29, 0.717) is 0 Å². The molecule has 0 unspecified atom stereocenters. The molecule has 104 valence electrons. The van der Waals surface area contributed by atoms with Gasteiger partial charge in [0.15, 0.2) is 0 Å². The first-order chi connectivity index (χ1) is 9.52. The summed E-state index contributed by atoms with van der Waals surface area (Å²) < 4.78 is 19.1. The molecule has 0 aliphatic heterocycles. The van der Waals surface area contributed by atoms with Crippen LogP contribution in [0.1, 0.15) is 17.4 Å². The van der Waals surface area contributed by atoms with E-state index in [2.05, 4.69) is 5.10 Å². The van der Waals surface area contributed by atoms with Gasteiger partial charge >= 0.3 is 5.97 Å². The zero-order valence-electron chi connectivity index (χ0n) is 10.5. The number of carbonyl (C=O) groups is 1. The highest BCUT2D eigenvalue weighted by Crippen LogP contribution is 2.20. The first-order valence-corrected chi connectivity index (χ1v) is 6.13. The van der Waals surface area contributed by atoms with Crippen molar-refractivity contribution in [1.29, 1.82) is 0 Å². The van der Waals surface area contributed by atoms with Crippen molar-refractivity contribution in [3.05, 3.63) is 57.2 Å². The van der Waals surface area contributed by atoms with Crippen LogP contribution in [-0.4, -0.2) is 22.4 Å². The third-order valence-electron chi connectivity index (χ3n) is 2.43. The van der Waals surface area contributed by atoms with E-state index in [1.54, 1.807) is 6.92 Å². The van der Waals surface area contributed by atoms with E-state index in [1.165, 1.54) is 18.3 Å². The van der Waals surface area contributed by atoms with Crippen molar-refractivity contribution in [2.75, 3.05) is 6.61 Å². The maximum atomic E-state index is 13.2. The average molecular weight is 297 g/mol. The van der Waals surface area contributed by atoms with E-state index in [0.717, 1.165) is 16.8 Å². The number of benzene rings is 1. The molecule has 1 aromatic carbocycles. The summed E-state index contributed by atoms with van der Waals surface area (Å²) in [5, 5.41) is 4.08. The quantitative estimate of drug-likeness (QED) is 0.815. The molecule has 0 N–H and O–H groups in total. The van der Waals surface area contributed by atoms with Crippen LogP contribution in [0.2, 0.25) is 5.02 Å². The van der Waals surface area contributed by atoms with Gasteiger partial charge in [0.25, 0.3) is 0 Å². The lowest BCUT2D eigenvalue weighted by atomic mass is 10.3. The summed E-state index contributed by atoms with van der Waals surface area (Å²) in [6.07, 6.45) is 1.30. The molecule has 0 spiro atoms. The molecule has 0 bridgehead atoms. The van der Waals surface area contributed by atoms with Gasteiger partial charge in [-0.15, -0.1) is 0 Å². The van der Waals surface area contributed by atoms with Gasteiger partial charge in [-0.05, 0) is 19.1 Å². The van der Waals surface area contributed by atoms with Crippen molar-refractivity contribution in [3.63, 3.8) is 0 Å². The number of esters is 1. The molecule has 0 radical (unpaired) electrons. The van der Waals surface area contributed by atoms with Gasteiger partial charge in [0.2, 0.25) is 11.1 Å². The lowest BCUT2D eigenvalue weighted by molar-refractivity contribution is 0.0515.